The number of aromatic nitrogens is 1. The minimum absolute atomic E-state index is 0. The number of likely N-dealkylation sites (tertiary alicyclic amines) is 1. The zero-order valence-corrected chi connectivity index (χ0v) is 22.7. The lowest BCUT2D eigenvalue weighted by atomic mass is 10.0. The second-order valence-electron chi connectivity index (χ2n) is 10.6. The van der Waals surface area contributed by atoms with Gasteiger partial charge in [-0.05, 0) is 57.0 Å². The number of benzene rings is 1. The first kappa shape index (κ1) is 27.8. The topological polar surface area (TPSA) is 60.9 Å². The average Bonchev–Trinajstić information content (AvgIpc) is 3.64. The molecule has 2 saturated heterocycles. The van der Waals surface area contributed by atoms with Gasteiger partial charge in [-0.25, -0.2) is 4.98 Å². The Labute approximate surface area is 225 Å². The Bertz CT molecular complexity index is 1060. The molecule has 1 aromatic carbocycles. The minimum Gasteiger partial charge on any atom is -0.488 e. The van der Waals surface area contributed by atoms with Crippen LogP contribution < -0.4 is 10.1 Å². The van der Waals surface area contributed by atoms with Crippen LogP contribution in [0.5, 0.6) is 5.75 Å². The van der Waals surface area contributed by atoms with Gasteiger partial charge in [0.2, 0.25) is 11.9 Å². The second kappa shape index (κ2) is 12.5. The van der Waals surface area contributed by atoms with E-state index in [1.54, 1.807) is 12.1 Å². The quantitative estimate of drug-likeness (QED) is 0.528. The zero-order valence-electron chi connectivity index (χ0n) is 21.9. The van der Waals surface area contributed by atoms with Crippen molar-refractivity contribution in [2.24, 2.45) is 0 Å². The van der Waals surface area contributed by atoms with E-state index in [1.807, 2.05) is 17.0 Å². The summed E-state index contributed by atoms with van der Waals surface area (Å²) in [5.41, 5.74) is 2.85. The number of ether oxygens (including phenoxy) is 1. The number of nitrogens with zero attached hydrogens (tertiary/aromatic N) is 4. The molecule has 0 spiro atoms. The Morgan fingerprint density at radius 1 is 1.14 bits per heavy atom. The fourth-order valence-corrected chi connectivity index (χ4v) is 5.39. The number of aryl methyl sites for hydroxylation is 1. The summed E-state index contributed by atoms with van der Waals surface area (Å²) in [6, 6.07) is 10.5. The number of pyridine rings is 1. The molecule has 1 aromatic heterocycles. The largest absolute Gasteiger partial charge is 0.488 e. The van der Waals surface area contributed by atoms with Crippen LogP contribution >= 0.6 is 12.4 Å². The summed E-state index contributed by atoms with van der Waals surface area (Å²) in [4.78, 5) is 23.1. The van der Waals surface area contributed by atoms with Crippen molar-refractivity contribution in [3.05, 3.63) is 59.2 Å². The fourth-order valence-electron chi connectivity index (χ4n) is 5.39. The van der Waals surface area contributed by atoms with Crippen molar-refractivity contribution in [3.63, 3.8) is 0 Å². The van der Waals surface area contributed by atoms with Gasteiger partial charge in [0.1, 0.15) is 12.4 Å². The summed E-state index contributed by atoms with van der Waals surface area (Å²) >= 11 is 0. The van der Waals surface area contributed by atoms with E-state index in [4.69, 9.17) is 4.74 Å². The Kier molecular flexibility index (Phi) is 9.40. The number of piperazine rings is 1. The van der Waals surface area contributed by atoms with Gasteiger partial charge in [-0.15, -0.1) is 12.4 Å². The van der Waals surface area contributed by atoms with Gasteiger partial charge in [-0.3, -0.25) is 9.69 Å². The molecule has 3 aliphatic rings. The molecule has 2 atom stereocenters. The Morgan fingerprint density at radius 2 is 1.89 bits per heavy atom. The number of rotatable bonds is 8. The van der Waals surface area contributed by atoms with Gasteiger partial charge in [0.15, 0.2) is 0 Å². The number of hydrogen-bond acceptors (Lipinski definition) is 6. The molecule has 9 heteroatoms. The van der Waals surface area contributed by atoms with Crippen LogP contribution in [-0.2, 0) is 11.4 Å². The Hall–Kier alpha value is -2.26. The number of carbonyl (C=O) groups is 1. The highest BCUT2D eigenvalue weighted by atomic mass is 35.5. The van der Waals surface area contributed by atoms with Crippen LogP contribution in [0.2, 0.25) is 0 Å². The molecule has 7 nitrogen and oxygen atoms in total. The average molecular weight is 532 g/mol. The lowest BCUT2D eigenvalue weighted by molar-refractivity contribution is -0.133. The molecule has 0 unspecified atom stereocenters. The number of hydrogen-bond donors (Lipinski definition) is 1. The molecular weight excluding hydrogens is 493 g/mol. The van der Waals surface area contributed by atoms with Crippen LogP contribution in [0.25, 0.3) is 0 Å². The van der Waals surface area contributed by atoms with E-state index >= 15 is 0 Å². The second-order valence-corrected chi connectivity index (χ2v) is 10.6. The Balaban J connectivity index is 0.00000320. The minimum atomic E-state index is -0.481. The van der Waals surface area contributed by atoms with Crippen LogP contribution in [0.15, 0.2) is 36.5 Å². The predicted octanol–water partition coefficient (Wildman–Crippen LogP) is 3.21. The molecule has 2 aromatic rings. The lowest BCUT2D eigenvalue weighted by Crippen LogP contribution is -2.51. The number of amides is 1. The third-order valence-electron chi connectivity index (χ3n) is 7.83. The molecule has 1 saturated carbocycles. The monoisotopic (exact) mass is 531 g/mol. The van der Waals surface area contributed by atoms with Crippen molar-refractivity contribution < 1.29 is 13.9 Å². The van der Waals surface area contributed by atoms with E-state index in [0.29, 0.717) is 30.1 Å². The van der Waals surface area contributed by atoms with Gasteiger partial charge in [-0.1, -0.05) is 17.7 Å². The van der Waals surface area contributed by atoms with Gasteiger partial charge in [0.25, 0.3) is 0 Å². The van der Waals surface area contributed by atoms with Crippen molar-refractivity contribution in [1.82, 2.24) is 25.0 Å². The van der Waals surface area contributed by atoms with Crippen molar-refractivity contribution in [3.8, 4) is 5.75 Å². The predicted molar refractivity (Wildman–Crippen MR) is 145 cm³/mol. The lowest BCUT2D eigenvalue weighted by Gasteiger charge is -2.36. The van der Waals surface area contributed by atoms with Gasteiger partial charge in [-0.2, -0.15) is 4.39 Å². The first-order chi connectivity index (χ1) is 17.5. The number of piperidine rings is 1. The standard InChI is InChI=1S/C28H38FN5O2.ClH/c1-20-5-6-26(36-19-21-4-3-9-30-28(21)29)24(16-20)23-17-25(23)31-22-7-10-34(11-8-22)27(35)18-33-14-12-32(2)13-15-33;/h3-6,9,16,22-23,25,31H,7-8,10-15,17-19H2,1-2H3;1H/t23-,25+;/m0./s1. The zero-order chi connectivity index (χ0) is 25.1. The van der Waals surface area contributed by atoms with E-state index in [9.17, 15) is 9.18 Å². The first-order valence-corrected chi connectivity index (χ1v) is 13.2. The van der Waals surface area contributed by atoms with E-state index in [1.165, 1.54) is 17.3 Å². The smallest absolute Gasteiger partial charge is 0.236 e. The fraction of sp³-hybridized carbons (Fsp3) is 0.571. The summed E-state index contributed by atoms with van der Waals surface area (Å²) in [7, 11) is 2.14. The summed E-state index contributed by atoms with van der Waals surface area (Å²) in [6.45, 7) is 8.50. The molecule has 5 rings (SSSR count). The normalized spacial score (nSPS) is 22.9. The van der Waals surface area contributed by atoms with E-state index in [0.717, 1.165) is 64.3 Å². The molecular formula is C28H39ClFN5O2. The third-order valence-corrected chi connectivity index (χ3v) is 7.83. The molecule has 2 aliphatic heterocycles. The molecule has 0 radical (unpaired) electrons. The van der Waals surface area contributed by atoms with Crippen LogP contribution in [0, 0.1) is 12.9 Å². The van der Waals surface area contributed by atoms with Crippen LogP contribution in [-0.4, -0.2) is 90.5 Å². The van der Waals surface area contributed by atoms with E-state index < -0.39 is 5.95 Å². The van der Waals surface area contributed by atoms with Crippen molar-refractivity contribution in [1.29, 1.82) is 0 Å². The number of carbonyl (C=O) groups excluding carboxylic acids is 1. The third kappa shape index (κ3) is 7.19. The molecule has 0 bridgehead atoms. The van der Waals surface area contributed by atoms with Gasteiger partial charge in [0.05, 0.1) is 6.54 Å². The molecule has 1 amide bonds. The molecule has 1 aliphatic carbocycles. The van der Waals surface area contributed by atoms with E-state index in [-0.39, 0.29) is 24.9 Å². The molecule has 3 heterocycles. The van der Waals surface area contributed by atoms with Crippen molar-refractivity contribution in [2.45, 2.75) is 50.8 Å². The number of halogens is 2. The van der Waals surface area contributed by atoms with Crippen LogP contribution in [0.3, 0.4) is 0 Å². The summed E-state index contributed by atoms with van der Waals surface area (Å²) in [5.74, 6) is 1.01. The van der Waals surface area contributed by atoms with Crippen molar-refractivity contribution >= 4 is 18.3 Å². The first-order valence-electron chi connectivity index (χ1n) is 13.2. The highest BCUT2D eigenvalue weighted by Crippen LogP contribution is 2.46. The maximum absolute atomic E-state index is 13.9. The summed E-state index contributed by atoms with van der Waals surface area (Å²) < 4.78 is 20.0. The van der Waals surface area contributed by atoms with Gasteiger partial charge >= 0.3 is 0 Å². The number of nitrogens with one attached hydrogen (secondary N) is 1. The van der Waals surface area contributed by atoms with Gasteiger partial charge < -0.3 is 19.9 Å². The maximum Gasteiger partial charge on any atom is 0.236 e. The molecule has 1 N–H and O–H groups in total. The highest BCUT2D eigenvalue weighted by molar-refractivity contribution is 5.85. The Morgan fingerprint density at radius 3 is 2.62 bits per heavy atom. The van der Waals surface area contributed by atoms with Crippen LogP contribution in [0.4, 0.5) is 4.39 Å². The maximum atomic E-state index is 13.9. The molecule has 3 fully saturated rings. The van der Waals surface area contributed by atoms with Gasteiger partial charge in [0, 0.05) is 69.0 Å². The molecule has 37 heavy (non-hydrogen) atoms. The number of likely N-dealkylation sites (N-methyl/N-ethyl adjacent to an activating group) is 1. The highest BCUT2D eigenvalue weighted by Gasteiger charge is 2.41. The summed E-state index contributed by atoms with van der Waals surface area (Å²) in [5, 5.41) is 3.84. The molecule has 202 valence electrons. The van der Waals surface area contributed by atoms with Crippen LogP contribution in [0.1, 0.15) is 41.9 Å². The SMILES string of the molecule is Cc1ccc(OCc2cccnc2F)c([C@@H]2C[C@H]2NC2CCN(C(=O)CN3CCN(C)CC3)CC2)c1.Cl. The summed E-state index contributed by atoms with van der Waals surface area (Å²) in [6.07, 6.45) is 4.51. The van der Waals surface area contributed by atoms with Crippen molar-refractivity contribution in [2.75, 3.05) is 52.9 Å². The van der Waals surface area contributed by atoms with E-state index in [2.05, 4.69) is 40.1 Å².